The van der Waals surface area contributed by atoms with Crippen LogP contribution in [0.3, 0.4) is 0 Å². The van der Waals surface area contributed by atoms with Gasteiger partial charge >= 0.3 is 0 Å². The van der Waals surface area contributed by atoms with Crippen LogP contribution in [-0.2, 0) is 26.4 Å². The predicted octanol–water partition coefficient (Wildman–Crippen LogP) is 9.09. The highest BCUT2D eigenvalue weighted by Crippen LogP contribution is 2.42. The van der Waals surface area contributed by atoms with E-state index in [2.05, 4.69) is 0 Å². The van der Waals surface area contributed by atoms with Gasteiger partial charge in [0.05, 0.1) is 4.90 Å². The van der Waals surface area contributed by atoms with Crippen LogP contribution in [0.2, 0.25) is 0 Å². The molecule has 10 heteroatoms. The van der Waals surface area contributed by atoms with E-state index in [0.717, 1.165) is 16.0 Å². The van der Waals surface area contributed by atoms with E-state index in [1.165, 1.54) is 17.8 Å². The summed E-state index contributed by atoms with van der Waals surface area (Å²) in [4.78, 5) is 10.7. The fraction of sp³-hybridized carbons (Fsp3) is 0.0952. The molecule has 1 heterocycles. The molecule has 4 N–H and O–H groups in total. The quantitative estimate of drug-likeness (QED) is 0.0743. The number of hydrogen-bond acceptors (Lipinski definition) is 10. The van der Waals surface area contributed by atoms with Crippen molar-refractivity contribution in [3.05, 3.63) is 162 Å². The topological polar surface area (TPSA) is 129 Å². The Bertz CT molecular complexity index is 2240. The third-order valence-electron chi connectivity index (χ3n) is 8.02. The second kappa shape index (κ2) is 16.1. The SMILES string of the molecule is Nc1ccc(Sc2cc(O)c3nc(COc4ccc(OCc5ccccc5)cc4)c(COc4ccc(OCc5ccccc5)cc4)nc3c2O)cc1. The molecule has 0 aliphatic heterocycles. The summed E-state index contributed by atoms with van der Waals surface area (Å²) in [5, 5.41) is 22.4. The summed E-state index contributed by atoms with van der Waals surface area (Å²) in [5.74, 6) is 2.36. The lowest BCUT2D eigenvalue weighted by Crippen LogP contribution is -2.09. The summed E-state index contributed by atoms with van der Waals surface area (Å²) in [6, 6.07) is 43.2. The molecule has 52 heavy (non-hydrogen) atoms. The van der Waals surface area contributed by atoms with Crippen LogP contribution in [0.5, 0.6) is 34.5 Å². The molecule has 0 saturated heterocycles. The van der Waals surface area contributed by atoms with Gasteiger partial charge in [-0.3, -0.25) is 0 Å². The molecule has 0 aliphatic carbocycles. The Morgan fingerprint density at radius 2 is 0.923 bits per heavy atom. The highest BCUT2D eigenvalue weighted by Gasteiger charge is 2.20. The smallest absolute Gasteiger partial charge is 0.157 e. The molecule has 0 amide bonds. The van der Waals surface area contributed by atoms with E-state index in [1.54, 1.807) is 12.1 Å². The molecule has 260 valence electrons. The first-order chi connectivity index (χ1) is 25.5. The van der Waals surface area contributed by atoms with Crippen LogP contribution in [0.15, 0.2) is 149 Å². The molecule has 0 radical (unpaired) electrons. The van der Waals surface area contributed by atoms with Crippen LogP contribution in [0.25, 0.3) is 11.0 Å². The Hall–Kier alpha value is -6.39. The summed E-state index contributed by atoms with van der Waals surface area (Å²) in [6.07, 6.45) is 0. The molecule has 0 aliphatic rings. The summed E-state index contributed by atoms with van der Waals surface area (Å²) >= 11 is 1.28. The van der Waals surface area contributed by atoms with E-state index in [1.807, 2.05) is 121 Å². The molecule has 6 aromatic carbocycles. The minimum absolute atomic E-state index is 0.0215. The van der Waals surface area contributed by atoms with Gasteiger partial charge in [-0.1, -0.05) is 72.4 Å². The first kappa shape index (κ1) is 34.1. The Labute approximate surface area is 305 Å². The number of phenols is 2. The minimum atomic E-state index is -0.127. The van der Waals surface area contributed by atoms with Crippen molar-refractivity contribution in [1.82, 2.24) is 9.97 Å². The van der Waals surface area contributed by atoms with Crippen molar-refractivity contribution in [3.8, 4) is 34.5 Å². The minimum Gasteiger partial charge on any atom is -0.506 e. The number of aromatic hydroxyl groups is 2. The van der Waals surface area contributed by atoms with Crippen LogP contribution in [0, 0.1) is 0 Å². The monoisotopic (exact) mass is 709 g/mol. The van der Waals surface area contributed by atoms with Crippen molar-refractivity contribution in [2.24, 2.45) is 0 Å². The van der Waals surface area contributed by atoms with Gasteiger partial charge in [-0.15, -0.1) is 0 Å². The van der Waals surface area contributed by atoms with Crippen LogP contribution in [0.4, 0.5) is 5.69 Å². The van der Waals surface area contributed by atoms with E-state index < -0.39 is 0 Å². The number of anilines is 1. The van der Waals surface area contributed by atoms with Gasteiger partial charge in [-0.25, -0.2) is 9.97 Å². The van der Waals surface area contributed by atoms with Crippen molar-refractivity contribution < 1.29 is 29.2 Å². The molecule has 0 unspecified atom stereocenters. The molecular weight excluding hydrogens is 675 g/mol. The van der Waals surface area contributed by atoms with Gasteiger partial charge in [0.2, 0.25) is 0 Å². The number of aromatic nitrogens is 2. The van der Waals surface area contributed by atoms with Crippen molar-refractivity contribution in [3.63, 3.8) is 0 Å². The van der Waals surface area contributed by atoms with Crippen LogP contribution >= 0.6 is 11.8 Å². The summed E-state index contributed by atoms with van der Waals surface area (Å²) in [7, 11) is 0. The largest absolute Gasteiger partial charge is 0.506 e. The normalized spacial score (nSPS) is 10.9. The molecule has 7 aromatic rings. The number of phenolic OH excluding ortho intramolecular Hbond substituents is 2. The van der Waals surface area contributed by atoms with Gasteiger partial charge in [0, 0.05) is 10.6 Å². The van der Waals surface area contributed by atoms with Crippen molar-refractivity contribution in [1.29, 1.82) is 0 Å². The second-order valence-corrected chi connectivity index (χ2v) is 12.9. The molecule has 9 nitrogen and oxygen atoms in total. The molecule has 0 bridgehead atoms. The standard InChI is InChI=1S/C42H35N3O6S/c43-30-11-21-35(22-12-30)52-39-23-38(46)40-41(42(39)47)45-37(27-51-34-19-15-32(16-20-34)49-25-29-9-5-2-6-10-29)36(44-40)26-50-33-17-13-31(14-18-33)48-24-28-7-3-1-4-8-28/h1-23,46-47H,24-27,43H2. The lowest BCUT2D eigenvalue weighted by atomic mass is 10.2. The van der Waals surface area contributed by atoms with E-state index >= 15 is 0 Å². The number of benzene rings is 6. The molecular formula is C42H35N3O6S. The maximum atomic E-state index is 11.3. The average Bonchev–Trinajstić information content (AvgIpc) is 3.19. The zero-order valence-electron chi connectivity index (χ0n) is 28.0. The second-order valence-electron chi connectivity index (χ2n) is 11.8. The van der Waals surface area contributed by atoms with Crippen molar-refractivity contribution >= 4 is 28.5 Å². The van der Waals surface area contributed by atoms with Gasteiger partial charge < -0.3 is 34.9 Å². The van der Waals surface area contributed by atoms with E-state index in [9.17, 15) is 10.2 Å². The van der Waals surface area contributed by atoms with Gasteiger partial charge in [0.15, 0.2) is 5.75 Å². The third-order valence-corrected chi connectivity index (χ3v) is 9.06. The molecule has 7 rings (SSSR count). The number of nitrogens with zero attached hydrogens (tertiary/aromatic N) is 2. The van der Waals surface area contributed by atoms with Crippen molar-refractivity contribution in [2.45, 2.75) is 36.2 Å². The molecule has 0 saturated carbocycles. The Morgan fingerprint density at radius 1 is 0.500 bits per heavy atom. The maximum Gasteiger partial charge on any atom is 0.157 e. The van der Waals surface area contributed by atoms with Gasteiger partial charge in [-0.05, 0) is 90.0 Å². The van der Waals surface area contributed by atoms with Gasteiger partial charge in [-0.2, -0.15) is 0 Å². The highest BCUT2D eigenvalue weighted by atomic mass is 32.2. The zero-order chi connectivity index (χ0) is 35.7. The van der Waals surface area contributed by atoms with E-state index in [4.69, 9.17) is 34.6 Å². The van der Waals surface area contributed by atoms with Gasteiger partial charge in [0.1, 0.15) is 77.6 Å². The first-order valence-electron chi connectivity index (χ1n) is 16.5. The average molecular weight is 710 g/mol. The predicted molar refractivity (Wildman–Crippen MR) is 201 cm³/mol. The third kappa shape index (κ3) is 8.66. The zero-order valence-corrected chi connectivity index (χ0v) is 28.8. The van der Waals surface area contributed by atoms with Crippen LogP contribution in [-0.4, -0.2) is 20.2 Å². The summed E-state index contributed by atoms with van der Waals surface area (Å²) < 4.78 is 24.1. The van der Waals surface area contributed by atoms with Crippen molar-refractivity contribution in [2.75, 3.05) is 5.73 Å². The van der Waals surface area contributed by atoms with E-state index in [-0.39, 0.29) is 35.7 Å². The van der Waals surface area contributed by atoms with E-state index in [0.29, 0.717) is 58.2 Å². The molecule has 1 aromatic heterocycles. The molecule has 0 atom stereocenters. The first-order valence-corrected chi connectivity index (χ1v) is 17.4. The number of ether oxygens (including phenoxy) is 4. The Morgan fingerprint density at radius 3 is 1.38 bits per heavy atom. The van der Waals surface area contributed by atoms with Gasteiger partial charge in [0.25, 0.3) is 0 Å². The number of hydrogen-bond donors (Lipinski definition) is 3. The molecule has 0 fully saturated rings. The summed E-state index contributed by atoms with van der Waals surface area (Å²) in [5.41, 5.74) is 9.78. The fourth-order valence-corrected chi connectivity index (χ4v) is 6.14. The number of nitrogens with two attached hydrogens (primary N) is 1. The van der Waals surface area contributed by atoms with Crippen LogP contribution < -0.4 is 24.7 Å². The summed E-state index contributed by atoms with van der Waals surface area (Å²) in [6.45, 7) is 0.959. The number of nitrogen functional groups attached to an aromatic ring is 1. The number of fused-ring (bicyclic) bond motifs is 1. The lowest BCUT2D eigenvalue weighted by Gasteiger charge is -2.15. The Kier molecular flexibility index (Phi) is 10.5. The Balaban J connectivity index is 1.10. The fourth-order valence-electron chi connectivity index (χ4n) is 5.25. The number of rotatable bonds is 14. The highest BCUT2D eigenvalue weighted by molar-refractivity contribution is 7.99. The van der Waals surface area contributed by atoms with Crippen LogP contribution in [0.1, 0.15) is 22.5 Å². The maximum absolute atomic E-state index is 11.3. The molecule has 0 spiro atoms. The lowest BCUT2D eigenvalue weighted by molar-refractivity contribution is 0.275.